The van der Waals surface area contributed by atoms with Gasteiger partial charge in [-0.05, 0) is 24.5 Å². The number of rotatable bonds is 7. The van der Waals surface area contributed by atoms with Gasteiger partial charge in [-0.2, -0.15) is 0 Å². The number of para-hydroxylation sites is 1. The Morgan fingerprint density at radius 1 is 1.33 bits per heavy atom. The third-order valence-corrected chi connectivity index (χ3v) is 3.20. The van der Waals surface area contributed by atoms with Crippen LogP contribution in [0.15, 0.2) is 18.2 Å². The van der Waals surface area contributed by atoms with Crippen LogP contribution < -0.4 is 15.4 Å². The van der Waals surface area contributed by atoms with Gasteiger partial charge in [0.05, 0.1) is 18.0 Å². The highest BCUT2D eigenvalue weighted by Gasteiger charge is 2.11. The summed E-state index contributed by atoms with van der Waals surface area (Å²) < 4.78 is 5.66. The van der Waals surface area contributed by atoms with Gasteiger partial charge in [0, 0.05) is 13.6 Å². The molecule has 18 heavy (non-hydrogen) atoms. The molecule has 0 amide bonds. The van der Waals surface area contributed by atoms with Crippen LogP contribution in [0.3, 0.4) is 0 Å². The lowest BCUT2D eigenvalue weighted by molar-refractivity contribution is 0.319. The molecular weight excluding hydrogens is 224 g/mol. The zero-order chi connectivity index (χ0) is 13.5. The van der Waals surface area contributed by atoms with Crippen LogP contribution in [0.4, 0.5) is 11.4 Å². The molecule has 1 unspecified atom stereocenters. The van der Waals surface area contributed by atoms with E-state index in [0.717, 1.165) is 30.1 Å². The van der Waals surface area contributed by atoms with Gasteiger partial charge >= 0.3 is 0 Å². The van der Waals surface area contributed by atoms with E-state index in [9.17, 15) is 0 Å². The molecule has 0 aliphatic carbocycles. The zero-order valence-electron chi connectivity index (χ0n) is 12.1. The molecule has 0 aliphatic heterocycles. The van der Waals surface area contributed by atoms with E-state index in [2.05, 4.69) is 38.8 Å². The largest absolute Gasteiger partial charge is 0.491 e. The fourth-order valence-electron chi connectivity index (χ4n) is 1.90. The fraction of sp³-hybridized carbons (Fsp3) is 0.600. The molecule has 0 fully saturated rings. The Bertz CT molecular complexity index is 366. The second kappa shape index (κ2) is 7.14. The minimum absolute atomic E-state index is 0.662. The third-order valence-electron chi connectivity index (χ3n) is 3.20. The molecule has 0 radical (unpaired) electrons. The molecule has 1 atom stereocenters. The first kappa shape index (κ1) is 14.7. The van der Waals surface area contributed by atoms with Gasteiger partial charge in [0.15, 0.2) is 0 Å². The van der Waals surface area contributed by atoms with Gasteiger partial charge in [0.2, 0.25) is 0 Å². The van der Waals surface area contributed by atoms with Gasteiger partial charge in [0.25, 0.3) is 0 Å². The molecule has 0 saturated carbocycles. The highest BCUT2D eigenvalue weighted by atomic mass is 16.5. The second-order valence-electron chi connectivity index (χ2n) is 4.93. The normalized spacial score (nSPS) is 12.2. The number of hydrogen-bond acceptors (Lipinski definition) is 3. The molecule has 2 N–H and O–H groups in total. The van der Waals surface area contributed by atoms with Crippen molar-refractivity contribution in [1.29, 1.82) is 0 Å². The summed E-state index contributed by atoms with van der Waals surface area (Å²) in [4.78, 5) is 2.21. The first-order chi connectivity index (χ1) is 8.60. The van der Waals surface area contributed by atoms with Crippen molar-refractivity contribution in [3.05, 3.63) is 18.2 Å². The first-order valence-electron chi connectivity index (χ1n) is 6.82. The van der Waals surface area contributed by atoms with Crippen molar-refractivity contribution in [2.75, 3.05) is 30.8 Å². The smallest absolute Gasteiger partial charge is 0.144 e. The SMILES string of the molecule is CCCOc1cccc(N(C)CC(C)CC)c1N. The molecule has 0 heterocycles. The standard InChI is InChI=1S/C15H26N2O/c1-5-10-18-14-9-7-8-13(15(14)16)17(4)11-12(3)6-2/h7-9,12H,5-6,10-11,16H2,1-4H3. The Labute approximate surface area is 111 Å². The maximum Gasteiger partial charge on any atom is 0.144 e. The molecule has 1 rings (SSSR count). The number of nitrogen functional groups attached to an aromatic ring is 1. The van der Waals surface area contributed by atoms with Gasteiger partial charge in [-0.3, -0.25) is 0 Å². The quantitative estimate of drug-likeness (QED) is 0.752. The number of nitrogens with two attached hydrogens (primary N) is 1. The van der Waals surface area contributed by atoms with Crippen molar-refractivity contribution in [2.45, 2.75) is 33.6 Å². The minimum Gasteiger partial charge on any atom is -0.491 e. The van der Waals surface area contributed by atoms with Gasteiger partial charge in [-0.15, -0.1) is 0 Å². The summed E-state index contributed by atoms with van der Waals surface area (Å²) >= 11 is 0. The number of nitrogens with zero attached hydrogens (tertiary/aromatic N) is 1. The van der Waals surface area contributed by atoms with Gasteiger partial charge in [-0.25, -0.2) is 0 Å². The molecule has 0 aliphatic rings. The first-order valence-corrected chi connectivity index (χ1v) is 6.82. The van der Waals surface area contributed by atoms with E-state index in [0.29, 0.717) is 12.5 Å². The van der Waals surface area contributed by atoms with Crippen molar-refractivity contribution in [1.82, 2.24) is 0 Å². The fourth-order valence-corrected chi connectivity index (χ4v) is 1.90. The predicted molar refractivity (Wildman–Crippen MR) is 79.4 cm³/mol. The van der Waals surface area contributed by atoms with E-state index in [-0.39, 0.29) is 0 Å². The monoisotopic (exact) mass is 250 g/mol. The molecule has 3 nitrogen and oxygen atoms in total. The number of ether oxygens (including phenoxy) is 1. The van der Waals surface area contributed by atoms with Crippen molar-refractivity contribution in [3.63, 3.8) is 0 Å². The second-order valence-corrected chi connectivity index (χ2v) is 4.93. The minimum atomic E-state index is 0.662. The molecule has 1 aromatic rings. The number of hydrogen-bond donors (Lipinski definition) is 1. The average molecular weight is 250 g/mol. The van der Waals surface area contributed by atoms with Crippen LogP contribution >= 0.6 is 0 Å². The maximum absolute atomic E-state index is 6.18. The molecule has 0 saturated heterocycles. The van der Waals surface area contributed by atoms with E-state index >= 15 is 0 Å². The van der Waals surface area contributed by atoms with Crippen LogP contribution in [0.5, 0.6) is 5.75 Å². The number of benzene rings is 1. The topological polar surface area (TPSA) is 38.5 Å². The summed E-state index contributed by atoms with van der Waals surface area (Å²) in [6.07, 6.45) is 2.17. The van der Waals surface area contributed by atoms with Crippen LogP contribution in [0.25, 0.3) is 0 Å². The van der Waals surface area contributed by atoms with Crippen LogP contribution in [-0.2, 0) is 0 Å². The summed E-state index contributed by atoms with van der Waals surface area (Å²) in [6, 6.07) is 5.99. The summed E-state index contributed by atoms with van der Waals surface area (Å²) in [5, 5.41) is 0. The lowest BCUT2D eigenvalue weighted by Gasteiger charge is -2.25. The Balaban J connectivity index is 2.81. The van der Waals surface area contributed by atoms with Gasteiger partial charge in [0.1, 0.15) is 5.75 Å². The maximum atomic E-state index is 6.18. The van der Waals surface area contributed by atoms with Crippen LogP contribution in [-0.4, -0.2) is 20.2 Å². The summed E-state index contributed by atoms with van der Waals surface area (Å²) in [5.41, 5.74) is 7.98. The van der Waals surface area contributed by atoms with E-state index < -0.39 is 0 Å². The third kappa shape index (κ3) is 3.83. The molecule has 0 aromatic heterocycles. The summed E-state index contributed by atoms with van der Waals surface area (Å²) in [6.45, 7) is 8.28. The summed E-state index contributed by atoms with van der Waals surface area (Å²) in [5.74, 6) is 1.46. The molecule has 1 aromatic carbocycles. The van der Waals surface area contributed by atoms with E-state index in [1.54, 1.807) is 0 Å². The Kier molecular flexibility index (Phi) is 5.83. The molecular formula is C15H26N2O. The Morgan fingerprint density at radius 3 is 2.67 bits per heavy atom. The number of anilines is 2. The molecule has 0 spiro atoms. The van der Waals surface area contributed by atoms with E-state index in [1.165, 1.54) is 6.42 Å². The zero-order valence-corrected chi connectivity index (χ0v) is 12.1. The van der Waals surface area contributed by atoms with Crippen LogP contribution in [0.2, 0.25) is 0 Å². The lowest BCUT2D eigenvalue weighted by atomic mass is 10.1. The van der Waals surface area contributed by atoms with Crippen LogP contribution in [0, 0.1) is 5.92 Å². The van der Waals surface area contributed by atoms with Crippen LogP contribution in [0.1, 0.15) is 33.6 Å². The van der Waals surface area contributed by atoms with E-state index in [4.69, 9.17) is 10.5 Å². The van der Waals surface area contributed by atoms with Crippen molar-refractivity contribution in [2.24, 2.45) is 5.92 Å². The predicted octanol–water partition coefficient (Wildman–Crippen LogP) is 3.54. The van der Waals surface area contributed by atoms with Gasteiger partial charge < -0.3 is 15.4 Å². The van der Waals surface area contributed by atoms with E-state index in [1.807, 2.05) is 12.1 Å². The van der Waals surface area contributed by atoms with Crippen molar-refractivity contribution < 1.29 is 4.74 Å². The van der Waals surface area contributed by atoms with Gasteiger partial charge in [-0.1, -0.05) is 33.3 Å². The van der Waals surface area contributed by atoms with Crippen molar-refractivity contribution >= 4 is 11.4 Å². The molecule has 102 valence electrons. The lowest BCUT2D eigenvalue weighted by Crippen LogP contribution is -2.24. The highest BCUT2D eigenvalue weighted by molar-refractivity contribution is 5.73. The Morgan fingerprint density at radius 2 is 2.06 bits per heavy atom. The molecule has 3 heteroatoms. The Hall–Kier alpha value is -1.38. The average Bonchev–Trinajstić information content (AvgIpc) is 2.37. The van der Waals surface area contributed by atoms with Crippen molar-refractivity contribution in [3.8, 4) is 5.75 Å². The highest BCUT2D eigenvalue weighted by Crippen LogP contribution is 2.32. The summed E-state index contributed by atoms with van der Waals surface area (Å²) in [7, 11) is 2.08. The molecule has 0 bridgehead atoms.